The van der Waals surface area contributed by atoms with E-state index >= 15 is 0 Å². The third-order valence-corrected chi connectivity index (χ3v) is 7.36. The van der Waals surface area contributed by atoms with Crippen LogP contribution >= 0.6 is 11.8 Å². The molecule has 0 N–H and O–H groups in total. The number of hydrogen-bond acceptors (Lipinski definition) is 4. The van der Waals surface area contributed by atoms with Crippen LogP contribution in [0.4, 0.5) is 5.69 Å². The van der Waals surface area contributed by atoms with Crippen LogP contribution in [0.1, 0.15) is 100.0 Å². The Labute approximate surface area is 207 Å². The van der Waals surface area contributed by atoms with E-state index in [0.29, 0.717) is 11.1 Å². The van der Waals surface area contributed by atoms with Crippen LogP contribution in [0.3, 0.4) is 0 Å². The van der Waals surface area contributed by atoms with Gasteiger partial charge in [-0.25, -0.2) is 9.59 Å². The summed E-state index contributed by atoms with van der Waals surface area (Å²) in [7, 11) is 0. The van der Waals surface area contributed by atoms with Crippen molar-refractivity contribution in [2.24, 2.45) is 16.3 Å². The van der Waals surface area contributed by atoms with Crippen molar-refractivity contribution in [3.63, 3.8) is 0 Å². The molecule has 1 rings (SSSR count). The Hall–Kier alpha value is -1.86. The molecule has 0 spiro atoms. The summed E-state index contributed by atoms with van der Waals surface area (Å²) in [6.45, 7) is 20.7. The fourth-order valence-corrected chi connectivity index (χ4v) is 4.29. The average molecular weight is 472 g/mol. The van der Waals surface area contributed by atoms with E-state index in [9.17, 15) is 9.59 Å². The third kappa shape index (κ3) is 11.7. The first-order chi connectivity index (χ1) is 15.4. The van der Waals surface area contributed by atoms with Gasteiger partial charge in [0.15, 0.2) is 0 Å². The van der Waals surface area contributed by atoms with Crippen LogP contribution in [0, 0.1) is 18.3 Å². The highest BCUT2D eigenvalue weighted by molar-refractivity contribution is 8.00. The Morgan fingerprint density at radius 2 is 1.48 bits per heavy atom. The maximum absolute atomic E-state index is 11.0. The number of nitrogens with zero attached hydrogens (tertiary/aromatic N) is 1. The molecule has 1 aromatic carbocycles. The summed E-state index contributed by atoms with van der Waals surface area (Å²) < 4.78 is 0. The number of aryl methyl sites for hydroxylation is 1. The van der Waals surface area contributed by atoms with Crippen LogP contribution in [0.25, 0.3) is 0 Å². The SMILES string of the molecule is CC(=C=O)C(Sc1ccc(C)c(N=C(C)C(C)(C)C)c1)C(C)=C=O.CCCC(CC)CCC. The van der Waals surface area contributed by atoms with Crippen LogP contribution in [0.15, 0.2) is 39.2 Å². The van der Waals surface area contributed by atoms with Crippen LogP contribution < -0.4 is 0 Å². The van der Waals surface area contributed by atoms with Gasteiger partial charge < -0.3 is 0 Å². The van der Waals surface area contributed by atoms with E-state index in [2.05, 4.69) is 41.5 Å². The molecule has 0 fully saturated rings. The Morgan fingerprint density at radius 3 is 1.88 bits per heavy atom. The van der Waals surface area contributed by atoms with Crippen LogP contribution in [0.5, 0.6) is 0 Å². The zero-order valence-corrected chi connectivity index (χ0v) is 23.4. The molecule has 184 valence electrons. The van der Waals surface area contributed by atoms with Crippen molar-refractivity contribution in [1.82, 2.24) is 0 Å². The molecule has 0 aliphatic heterocycles. The number of benzene rings is 1. The third-order valence-electron chi connectivity index (χ3n) is 5.89. The molecule has 0 aliphatic carbocycles. The van der Waals surface area contributed by atoms with Gasteiger partial charge in [-0.1, -0.05) is 79.7 Å². The molecule has 4 heteroatoms. The number of hydrogen-bond donors (Lipinski definition) is 0. The summed E-state index contributed by atoms with van der Waals surface area (Å²) in [6, 6.07) is 5.99. The molecular formula is C29H45NO2S. The number of thioether (sulfide) groups is 1. The summed E-state index contributed by atoms with van der Waals surface area (Å²) >= 11 is 1.44. The van der Waals surface area contributed by atoms with Gasteiger partial charge in [0, 0.05) is 21.8 Å². The molecule has 0 atom stereocenters. The summed E-state index contributed by atoms with van der Waals surface area (Å²) in [5.41, 5.74) is 4.02. The molecule has 1 aromatic rings. The molecule has 0 aromatic heterocycles. The highest BCUT2D eigenvalue weighted by atomic mass is 32.2. The van der Waals surface area contributed by atoms with Crippen molar-refractivity contribution in [3.05, 3.63) is 34.9 Å². The summed E-state index contributed by atoms with van der Waals surface area (Å²) in [4.78, 5) is 27.7. The van der Waals surface area contributed by atoms with E-state index in [0.717, 1.165) is 27.8 Å². The Bertz CT molecular complexity index is 836. The molecule has 33 heavy (non-hydrogen) atoms. The molecule has 0 saturated heterocycles. The minimum atomic E-state index is -0.344. The van der Waals surface area contributed by atoms with Crippen molar-refractivity contribution in [2.75, 3.05) is 0 Å². The van der Waals surface area contributed by atoms with Crippen LogP contribution in [-0.4, -0.2) is 22.8 Å². The fourth-order valence-electron chi connectivity index (χ4n) is 3.25. The maximum atomic E-state index is 11.0. The van der Waals surface area contributed by atoms with Crippen LogP contribution in [-0.2, 0) is 9.59 Å². The van der Waals surface area contributed by atoms with Crippen LogP contribution in [0.2, 0.25) is 0 Å². The van der Waals surface area contributed by atoms with E-state index in [1.54, 1.807) is 13.8 Å². The monoisotopic (exact) mass is 471 g/mol. The molecule has 0 saturated carbocycles. The predicted octanol–water partition coefficient (Wildman–Crippen LogP) is 8.76. The first-order valence-electron chi connectivity index (χ1n) is 12.2. The van der Waals surface area contributed by atoms with E-state index in [1.165, 1.54) is 43.9 Å². The zero-order valence-electron chi connectivity index (χ0n) is 22.6. The van der Waals surface area contributed by atoms with Crippen molar-refractivity contribution in [2.45, 2.75) is 111 Å². The van der Waals surface area contributed by atoms with Crippen molar-refractivity contribution < 1.29 is 9.59 Å². The maximum Gasteiger partial charge on any atom is 0.124 e. The zero-order chi connectivity index (χ0) is 25.6. The van der Waals surface area contributed by atoms with E-state index in [1.807, 2.05) is 43.9 Å². The molecule has 0 bridgehead atoms. The lowest BCUT2D eigenvalue weighted by molar-refractivity contribution is 0.427. The minimum absolute atomic E-state index is 0.00576. The van der Waals surface area contributed by atoms with Gasteiger partial charge >= 0.3 is 0 Å². The second-order valence-corrected chi connectivity index (χ2v) is 11.0. The second-order valence-electron chi connectivity index (χ2n) is 9.82. The van der Waals surface area contributed by atoms with Gasteiger partial charge in [-0.2, -0.15) is 0 Å². The van der Waals surface area contributed by atoms with Gasteiger partial charge in [-0.15, -0.1) is 11.8 Å². The highest BCUT2D eigenvalue weighted by Gasteiger charge is 2.18. The molecule has 0 heterocycles. The van der Waals surface area contributed by atoms with E-state index in [-0.39, 0.29) is 10.7 Å². The first-order valence-corrected chi connectivity index (χ1v) is 13.1. The predicted molar refractivity (Wildman–Crippen MR) is 146 cm³/mol. The van der Waals surface area contributed by atoms with Gasteiger partial charge in [0.1, 0.15) is 11.9 Å². The Kier molecular flexibility index (Phi) is 15.0. The normalized spacial score (nSPS) is 12.4. The average Bonchev–Trinajstić information content (AvgIpc) is 2.78. The smallest absolute Gasteiger partial charge is 0.124 e. The standard InChI is InChI=1S/C20H25NO2S.C9H20/c1-13-8-9-17(10-18(13)21-16(4)20(5,6)7)24-19(14(2)11-22)15(3)12-23;1-4-7-9(6-3)8-5-2/h8-10,19H,1-7H3;9H,4-8H2,1-3H3. The molecule has 0 unspecified atom stereocenters. The van der Waals surface area contributed by atoms with E-state index < -0.39 is 0 Å². The van der Waals surface area contributed by atoms with Crippen molar-refractivity contribution in [1.29, 1.82) is 0 Å². The first kappa shape index (κ1) is 31.1. The lowest BCUT2D eigenvalue weighted by Crippen LogP contribution is -2.16. The molecule has 3 nitrogen and oxygen atoms in total. The number of aliphatic imine (C=N–C) groups is 1. The van der Waals surface area contributed by atoms with Gasteiger partial charge in [0.2, 0.25) is 0 Å². The van der Waals surface area contributed by atoms with Crippen molar-refractivity contribution >= 4 is 35.0 Å². The Morgan fingerprint density at radius 1 is 0.970 bits per heavy atom. The molecule has 0 amide bonds. The van der Waals surface area contributed by atoms with Gasteiger partial charge in [0.25, 0.3) is 0 Å². The van der Waals surface area contributed by atoms with Gasteiger partial charge in [0.05, 0.1) is 10.9 Å². The topological polar surface area (TPSA) is 46.5 Å². The fraction of sp³-hybridized carbons (Fsp3) is 0.621. The van der Waals surface area contributed by atoms with Crippen molar-refractivity contribution in [3.8, 4) is 0 Å². The molecule has 0 radical (unpaired) electrons. The molecular weight excluding hydrogens is 426 g/mol. The lowest BCUT2D eigenvalue weighted by Gasteiger charge is -2.19. The Balaban J connectivity index is 0.000000960. The highest BCUT2D eigenvalue weighted by Crippen LogP contribution is 2.34. The number of carbonyl (C=O) groups excluding carboxylic acids is 2. The summed E-state index contributed by atoms with van der Waals surface area (Å²) in [6.07, 6.45) is 6.97. The second kappa shape index (κ2) is 15.9. The lowest BCUT2D eigenvalue weighted by atomic mass is 9.91. The molecule has 0 aliphatic rings. The summed E-state index contributed by atoms with van der Waals surface area (Å²) in [5, 5.41) is -0.344. The quantitative estimate of drug-likeness (QED) is 0.195. The minimum Gasteiger partial charge on any atom is -0.257 e. The van der Waals surface area contributed by atoms with Gasteiger partial charge in [-0.3, -0.25) is 4.99 Å². The van der Waals surface area contributed by atoms with E-state index in [4.69, 9.17) is 4.99 Å². The number of rotatable bonds is 10. The summed E-state index contributed by atoms with van der Waals surface area (Å²) in [5.74, 6) is 4.81. The largest absolute Gasteiger partial charge is 0.257 e. The van der Waals surface area contributed by atoms with Gasteiger partial charge in [-0.05, 0) is 56.7 Å².